The third-order valence-corrected chi connectivity index (χ3v) is 3.30. The Labute approximate surface area is 83.1 Å². The molecule has 1 atom stereocenters. The molecule has 2 nitrogen and oxygen atoms in total. The van der Waals surface area contributed by atoms with E-state index in [1.54, 1.807) is 6.26 Å². The molecule has 2 aliphatic rings. The lowest BCUT2D eigenvalue weighted by Gasteiger charge is -2.28. The molecule has 0 amide bonds. The number of nitriles is 1. The smallest absolute Gasteiger partial charge is 0.286 e. The van der Waals surface area contributed by atoms with Crippen molar-refractivity contribution in [2.45, 2.75) is 31.8 Å². The molecule has 0 heterocycles. The zero-order valence-corrected chi connectivity index (χ0v) is 7.92. The summed E-state index contributed by atoms with van der Waals surface area (Å²) in [6.45, 7) is 0. The van der Waals surface area contributed by atoms with E-state index in [1.807, 2.05) is 0 Å². The van der Waals surface area contributed by atoms with Gasteiger partial charge in [0, 0.05) is 6.42 Å². The first-order valence-electron chi connectivity index (χ1n) is 5.08. The maximum atomic E-state index is 8.45. The van der Waals surface area contributed by atoms with E-state index in [0.717, 1.165) is 6.42 Å². The van der Waals surface area contributed by atoms with E-state index < -0.39 is 0 Å². The lowest BCUT2D eigenvalue weighted by atomic mass is 9.83. The van der Waals surface area contributed by atoms with Crippen LogP contribution in [-0.2, 0) is 24.0 Å². The van der Waals surface area contributed by atoms with Gasteiger partial charge in [0.15, 0.2) is 0 Å². The van der Waals surface area contributed by atoms with Gasteiger partial charge in [0.25, 0.3) is 6.26 Å². The molecule has 1 unspecified atom stereocenters. The molecule has 0 radical (unpaired) electrons. The van der Waals surface area contributed by atoms with Crippen LogP contribution in [0, 0.1) is 11.5 Å². The van der Waals surface area contributed by atoms with Crippen molar-refractivity contribution in [3.63, 3.8) is 0 Å². The van der Waals surface area contributed by atoms with Crippen LogP contribution in [0.25, 0.3) is 0 Å². The monoisotopic (exact) mass is 185 g/mol. The predicted octanol–water partition coefficient (Wildman–Crippen LogP) is 2.27. The second-order valence-electron chi connectivity index (χ2n) is 4.08. The second kappa shape index (κ2) is 2.75. The van der Waals surface area contributed by atoms with Crippen molar-refractivity contribution in [3.8, 4) is 6.26 Å². The summed E-state index contributed by atoms with van der Waals surface area (Å²) in [5.41, 5.74) is 5.60. The second-order valence-corrected chi connectivity index (χ2v) is 4.08. The number of hydrogen-bond donors (Lipinski definition) is 0. The molecule has 2 aliphatic carbocycles. The molecule has 2 heteroatoms. The Hall–Kier alpha value is -1.49. The van der Waals surface area contributed by atoms with Crippen LogP contribution in [0.2, 0.25) is 0 Å². The minimum atomic E-state index is 0.0425. The van der Waals surface area contributed by atoms with Gasteiger partial charge in [0.1, 0.15) is 6.10 Å². The van der Waals surface area contributed by atoms with Gasteiger partial charge < -0.3 is 4.74 Å². The summed E-state index contributed by atoms with van der Waals surface area (Å²) >= 11 is 0. The molecule has 0 saturated heterocycles. The molecule has 14 heavy (non-hydrogen) atoms. The van der Waals surface area contributed by atoms with Crippen molar-refractivity contribution in [3.05, 3.63) is 34.4 Å². The fraction of sp³-hybridized carbons (Fsp3) is 0.417. The SMILES string of the molecule is N#COC1Cc2cc3c(cc21)CCC3. The van der Waals surface area contributed by atoms with Gasteiger partial charge in [-0.1, -0.05) is 12.1 Å². The number of fused-ring (bicyclic) bond motifs is 2. The van der Waals surface area contributed by atoms with Crippen molar-refractivity contribution in [1.29, 1.82) is 5.26 Å². The van der Waals surface area contributed by atoms with Crippen molar-refractivity contribution >= 4 is 0 Å². The Balaban J connectivity index is 1.98. The summed E-state index contributed by atoms with van der Waals surface area (Å²) in [5.74, 6) is 0. The van der Waals surface area contributed by atoms with E-state index in [0.29, 0.717) is 0 Å². The first-order valence-corrected chi connectivity index (χ1v) is 5.08. The normalized spacial score (nSPS) is 21.8. The summed E-state index contributed by atoms with van der Waals surface area (Å²) < 4.78 is 4.97. The molecule has 1 aromatic carbocycles. The summed E-state index contributed by atoms with van der Waals surface area (Å²) in [7, 11) is 0. The van der Waals surface area contributed by atoms with Crippen LogP contribution in [0.4, 0.5) is 0 Å². The molecule has 0 aliphatic heterocycles. The van der Waals surface area contributed by atoms with E-state index in [4.69, 9.17) is 10.00 Å². The molecule has 0 saturated carbocycles. The standard InChI is InChI=1S/C12H11NO/c13-7-14-12-6-10-4-8-2-1-3-9(8)5-11(10)12/h4-5,12H,1-3,6H2. The lowest BCUT2D eigenvalue weighted by Crippen LogP contribution is -2.19. The first kappa shape index (κ1) is 7.87. The fourth-order valence-corrected chi connectivity index (χ4v) is 2.52. The number of aryl methyl sites for hydroxylation is 2. The van der Waals surface area contributed by atoms with E-state index in [9.17, 15) is 0 Å². The molecular weight excluding hydrogens is 174 g/mol. The number of rotatable bonds is 1. The highest BCUT2D eigenvalue weighted by molar-refractivity contribution is 5.47. The lowest BCUT2D eigenvalue weighted by molar-refractivity contribution is 0.141. The molecule has 0 bridgehead atoms. The Bertz CT molecular complexity index is 431. The molecule has 3 rings (SSSR count). The zero-order valence-electron chi connectivity index (χ0n) is 7.92. The summed E-state index contributed by atoms with van der Waals surface area (Å²) in [6, 6.07) is 4.54. The Morgan fingerprint density at radius 1 is 1.21 bits per heavy atom. The Morgan fingerprint density at radius 2 is 2.00 bits per heavy atom. The molecule has 70 valence electrons. The van der Waals surface area contributed by atoms with Crippen LogP contribution >= 0.6 is 0 Å². The van der Waals surface area contributed by atoms with Gasteiger partial charge in [-0.25, -0.2) is 0 Å². The first-order chi connectivity index (χ1) is 6.88. The van der Waals surface area contributed by atoms with Gasteiger partial charge in [-0.2, -0.15) is 5.26 Å². The molecule has 0 spiro atoms. The van der Waals surface area contributed by atoms with Gasteiger partial charge in [-0.3, -0.25) is 0 Å². The van der Waals surface area contributed by atoms with Gasteiger partial charge in [0.05, 0.1) is 0 Å². The van der Waals surface area contributed by atoms with Crippen molar-refractivity contribution in [2.24, 2.45) is 0 Å². The van der Waals surface area contributed by atoms with E-state index in [2.05, 4.69) is 12.1 Å². The highest BCUT2D eigenvalue weighted by Crippen LogP contribution is 2.39. The van der Waals surface area contributed by atoms with Crippen molar-refractivity contribution < 1.29 is 4.74 Å². The summed E-state index contributed by atoms with van der Waals surface area (Å²) in [6.07, 6.45) is 6.44. The largest absolute Gasteiger partial charge is 0.419 e. The van der Waals surface area contributed by atoms with Crippen LogP contribution in [0.5, 0.6) is 0 Å². The number of hydrogen-bond acceptors (Lipinski definition) is 2. The minimum absolute atomic E-state index is 0.0425. The average molecular weight is 185 g/mol. The van der Waals surface area contributed by atoms with Crippen LogP contribution < -0.4 is 0 Å². The van der Waals surface area contributed by atoms with Crippen molar-refractivity contribution in [2.75, 3.05) is 0 Å². The maximum absolute atomic E-state index is 8.45. The fourth-order valence-electron chi connectivity index (χ4n) is 2.52. The third-order valence-electron chi connectivity index (χ3n) is 3.30. The minimum Gasteiger partial charge on any atom is -0.419 e. The molecular formula is C12H11NO. The van der Waals surface area contributed by atoms with Gasteiger partial charge >= 0.3 is 0 Å². The van der Waals surface area contributed by atoms with Crippen molar-refractivity contribution in [1.82, 2.24) is 0 Å². The van der Waals surface area contributed by atoms with Crippen LogP contribution in [-0.4, -0.2) is 0 Å². The topological polar surface area (TPSA) is 33.0 Å². The predicted molar refractivity (Wildman–Crippen MR) is 51.6 cm³/mol. The van der Waals surface area contributed by atoms with E-state index in [1.165, 1.54) is 41.5 Å². The average Bonchev–Trinajstić information content (AvgIpc) is 2.61. The quantitative estimate of drug-likeness (QED) is 0.629. The van der Waals surface area contributed by atoms with Crippen LogP contribution in [0.3, 0.4) is 0 Å². The molecule has 0 fully saturated rings. The number of ether oxygens (including phenoxy) is 1. The maximum Gasteiger partial charge on any atom is 0.286 e. The van der Waals surface area contributed by atoms with Gasteiger partial charge in [0.2, 0.25) is 0 Å². The van der Waals surface area contributed by atoms with Crippen LogP contribution in [0.1, 0.15) is 34.8 Å². The van der Waals surface area contributed by atoms with Crippen LogP contribution in [0.15, 0.2) is 12.1 Å². The summed E-state index contributed by atoms with van der Waals surface area (Å²) in [5, 5.41) is 8.45. The molecule has 1 aromatic rings. The van der Waals surface area contributed by atoms with Gasteiger partial charge in [-0.15, -0.1) is 0 Å². The summed E-state index contributed by atoms with van der Waals surface area (Å²) in [4.78, 5) is 0. The van der Waals surface area contributed by atoms with E-state index >= 15 is 0 Å². The van der Waals surface area contributed by atoms with E-state index in [-0.39, 0.29) is 6.10 Å². The van der Waals surface area contributed by atoms with Gasteiger partial charge in [-0.05, 0) is 41.5 Å². The Morgan fingerprint density at radius 3 is 2.79 bits per heavy atom. The molecule has 0 aromatic heterocycles. The number of nitrogens with zero attached hydrogens (tertiary/aromatic N) is 1. The Kier molecular flexibility index (Phi) is 1.55. The highest BCUT2D eigenvalue weighted by Gasteiger charge is 2.30. The highest BCUT2D eigenvalue weighted by atomic mass is 16.5. The number of benzene rings is 1. The third kappa shape index (κ3) is 0.957. The zero-order chi connectivity index (χ0) is 9.54. The molecule has 0 N–H and O–H groups in total.